The minimum Gasteiger partial charge on any atom is -0.493 e. The van der Waals surface area contributed by atoms with Gasteiger partial charge in [0.2, 0.25) is 5.88 Å². The molecule has 0 aliphatic carbocycles. The number of hydrogen-bond acceptors (Lipinski definition) is 5. The first-order chi connectivity index (χ1) is 11.3. The van der Waals surface area contributed by atoms with Crippen LogP contribution in [0.4, 0.5) is 13.2 Å². The molecule has 0 saturated heterocycles. The average Bonchev–Trinajstić information content (AvgIpc) is 2.85. The molecule has 0 aromatic carbocycles. The SMILES string of the molecule is CCSc1ccc(O)nc1-n1nc2cc(C(F)(F)F)ncc2c1Cl. The summed E-state index contributed by atoms with van der Waals surface area (Å²) in [6, 6.07) is 3.89. The highest BCUT2D eigenvalue weighted by atomic mass is 35.5. The summed E-state index contributed by atoms with van der Waals surface area (Å²) in [5.41, 5.74) is -1.01. The molecule has 3 rings (SSSR count). The quantitative estimate of drug-likeness (QED) is 0.692. The molecule has 0 aliphatic heterocycles. The van der Waals surface area contributed by atoms with Crippen molar-refractivity contribution >= 4 is 34.3 Å². The van der Waals surface area contributed by atoms with E-state index in [0.717, 1.165) is 18.0 Å². The van der Waals surface area contributed by atoms with E-state index in [2.05, 4.69) is 15.1 Å². The molecular formula is C14H10ClF3N4OS. The molecule has 3 aromatic rings. The van der Waals surface area contributed by atoms with Crippen LogP contribution in [0.15, 0.2) is 29.3 Å². The van der Waals surface area contributed by atoms with E-state index in [1.807, 2.05) is 6.92 Å². The van der Waals surface area contributed by atoms with Crippen molar-refractivity contribution < 1.29 is 18.3 Å². The molecule has 3 aromatic heterocycles. The summed E-state index contributed by atoms with van der Waals surface area (Å²) in [4.78, 5) is 8.07. The summed E-state index contributed by atoms with van der Waals surface area (Å²) in [7, 11) is 0. The van der Waals surface area contributed by atoms with Crippen molar-refractivity contribution in [1.29, 1.82) is 0 Å². The van der Waals surface area contributed by atoms with Crippen LogP contribution in [-0.2, 0) is 6.18 Å². The minimum absolute atomic E-state index is 0.0416. The van der Waals surface area contributed by atoms with Gasteiger partial charge in [-0.25, -0.2) is 4.68 Å². The van der Waals surface area contributed by atoms with Crippen LogP contribution in [0.1, 0.15) is 12.6 Å². The molecule has 0 saturated carbocycles. The second kappa shape index (κ2) is 6.14. The zero-order chi connectivity index (χ0) is 17.5. The van der Waals surface area contributed by atoms with Crippen molar-refractivity contribution in [3.05, 3.63) is 35.2 Å². The molecule has 1 N–H and O–H groups in total. The molecule has 24 heavy (non-hydrogen) atoms. The first-order valence-corrected chi connectivity index (χ1v) is 8.12. The van der Waals surface area contributed by atoms with Crippen molar-refractivity contribution in [1.82, 2.24) is 19.7 Å². The van der Waals surface area contributed by atoms with Gasteiger partial charge in [-0.2, -0.15) is 23.3 Å². The Morgan fingerprint density at radius 1 is 1.33 bits per heavy atom. The van der Waals surface area contributed by atoms with Crippen LogP contribution in [0.25, 0.3) is 16.7 Å². The third-order valence-electron chi connectivity index (χ3n) is 3.11. The highest BCUT2D eigenvalue weighted by molar-refractivity contribution is 7.99. The Labute approximate surface area is 143 Å². The summed E-state index contributed by atoms with van der Waals surface area (Å²) in [5, 5.41) is 14.1. The van der Waals surface area contributed by atoms with Gasteiger partial charge in [-0.1, -0.05) is 18.5 Å². The predicted molar refractivity (Wildman–Crippen MR) is 84.7 cm³/mol. The summed E-state index contributed by atoms with van der Waals surface area (Å²) in [6.45, 7) is 1.93. The highest BCUT2D eigenvalue weighted by Crippen LogP contribution is 2.34. The number of aromatic nitrogens is 4. The largest absolute Gasteiger partial charge is 0.493 e. The van der Waals surface area contributed by atoms with Gasteiger partial charge in [-0.05, 0) is 17.9 Å². The van der Waals surface area contributed by atoms with Crippen LogP contribution >= 0.6 is 23.4 Å². The van der Waals surface area contributed by atoms with Gasteiger partial charge in [-0.15, -0.1) is 11.8 Å². The highest BCUT2D eigenvalue weighted by Gasteiger charge is 2.33. The van der Waals surface area contributed by atoms with Gasteiger partial charge >= 0.3 is 6.18 Å². The first-order valence-electron chi connectivity index (χ1n) is 6.76. The number of rotatable bonds is 3. The Hall–Kier alpha value is -2.00. The Morgan fingerprint density at radius 3 is 2.75 bits per heavy atom. The lowest BCUT2D eigenvalue weighted by atomic mass is 10.3. The molecule has 0 radical (unpaired) electrons. The van der Waals surface area contributed by atoms with Gasteiger partial charge < -0.3 is 5.11 Å². The molecule has 0 bridgehead atoms. The molecule has 5 nitrogen and oxygen atoms in total. The fourth-order valence-corrected chi connectivity index (χ4v) is 3.09. The molecule has 126 valence electrons. The van der Waals surface area contributed by atoms with Crippen molar-refractivity contribution in [3.8, 4) is 11.7 Å². The van der Waals surface area contributed by atoms with Crippen LogP contribution in [0.2, 0.25) is 5.15 Å². The first kappa shape index (κ1) is 16.8. The van der Waals surface area contributed by atoms with Gasteiger partial charge in [0.05, 0.1) is 15.8 Å². The fraction of sp³-hybridized carbons (Fsp3) is 0.214. The van der Waals surface area contributed by atoms with Gasteiger partial charge in [-0.3, -0.25) is 4.98 Å². The Balaban J connectivity index is 2.21. The van der Waals surface area contributed by atoms with Crippen LogP contribution in [0.3, 0.4) is 0 Å². The van der Waals surface area contributed by atoms with Crippen molar-refractivity contribution in [2.24, 2.45) is 0 Å². The van der Waals surface area contributed by atoms with Crippen molar-refractivity contribution in [2.75, 3.05) is 5.75 Å². The lowest BCUT2D eigenvalue weighted by Crippen LogP contribution is -2.07. The number of pyridine rings is 2. The molecule has 3 heterocycles. The molecular weight excluding hydrogens is 365 g/mol. The van der Waals surface area contributed by atoms with Gasteiger partial charge in [0.25, 0.3) is 0 Å². The maximum Gasteiger partial charge on any atom is 0.433 e. The lowest BCUT2D eigenvalue weighted by molar-refractivity contribution is -0.141. The Bertz CT molecular complexity index is 913. The topological polar surface area (TPSA) is 63.8 Å². The number of thioether (sulfide) groups is 1. The second-order valence-electron chi connectivity index (χ2n) is 4.71. The smallest absolute Gasteiger partial charge is 0.433 e. The lowest BCUT2D eigenvalue weighted by Gasteiger charge is -2.08. The van der Waals surface area contributed by atoms with E-state index in [1.165, 1.54) is 22.5 Å². The number of alkyl halides is 3. The van der Waals surface area contributed by atoms with Crippen molar-refractivity contribution in [2.45, 2.75) is 18.0 Å². The van der Waals surface area contributed by atoms with Crippen LogP contribution in [0.5, 0.6) is 5.88 Å². The third-order valence-corrected chi connectivity index (χ3v) is 4.40. The van der Waals surface area contributed by atoms with Gasteiger partial charge in [0.1, 0.15) is 10.8 Å². The second-order valence-corrected chi connectivity index (χ2v) is 6.38. The maximum absolute atomic E-state index is 12.8. The molecule has 0 fully saturated rings. The minimum atomic E-state index is -4.57. The van der Waals surface area contributed by atoms with E-state index in [9.17, 15) is 18.3 Å². The molecule has 0 atom stereocenters. The molecule has 0 amide bonds. The monoisotopic (exact) mass is 374 g/mol. The normalized spacial score (nSPS) is 12.0. The van der Waals surface area contributed by atoms with Gasteiger partial charge in [0.15, 0.2) is 5.82 Å². The predicted octanol–water partition coefficient (Wildman–Crippen LogP) is 4.31. The molecule has 0 spiro atoms. The third kappa shape index (κ3) is 3.01. The van der Waals surface area contributed by atoms with E-state index in [0.29, 0.717) is 4.90 Å². The van der Waals surface area contributed by atoms with E-state index in [1.54, 1.807) is 6.07 Å². The zero-order valence-corrected chi connectivity index (χ0v) is 13.7. The summed E-state index contributed by atoms with van der Waals surface area (Å²) >= 11 is 7.67. The standard InChI is InChI=1S/C14H10ClF3N4OS/c1-2-24-9-3-4-11(23)20-13(9)22-12(15)7-6-19-10(14(16,17)18)5-8(7)21-22/h3-6H,2H2,1H3,(H,20,23). The van der Waals surface area contributed by atoms with Crippen LogP contribution in [0, 0.1) is 0 Å². The summed E-state index contributed by atoms with van der Waals surface area (Å²) in [6.07, 6.45) is -3.55. The average molecular weight is 375 g/mol. The number of hydrogen-bond donors (Lipinski definition) is 1. The maximum atomic E-state index is 12.8. The van der Waals surface area contributed by atoms with E-state index < -0.39 is 11.9 Å². The summed E-state index contributed by atoms with van der Waals surface area (Å²) < 4.78 is 39.6. The zero-order valence-electron chi connectivity index (χ0n) is 12.2. The van der Waals surface area contributed by atoms with Crippen LogP contribution < -0.4 is 0 Å². The van der Waals surface area contributed by atoms with Crippen molar-refractivity contribution in [3.63, 3.8) is 0 Å². The van der Waals surface area contributed by atoms with E-state index in [4.69, 9.17) is 11.6 Å². The van der Waals surface area contributed by atoms with Gasteiger partial charge in [0, 0.05) is 12.3 Å². The molecule has 0 aliphatic rings. The molecule has 10 heteroatoms. The number of fused-ring (bicyclic) bond motifs is 1. The molecule has 0 unspecified atom stereocenters. The number of nitrogens with zero attached hydrogens (tertiary/aromatic N) is 4. The van der Waals surface area contributed by atoms with Crippen LogP contribution in [-0.4, -0.2) is 30.6 Å². The Kier molecular flexibility index (Phi) is 4.31. The number of aromatic hydroxyl groups is 1. The summed E-state index contributed by atoms with van der Waals surface area (Å²) in [5.74, 6) is 0.740. The van der Waals surface area contributed by atoms with E-state index in [-0.39, 0.29) is 27.8 Å². The fourth-order valence-electron chi connectivity index (χ4n) is 2.09. The van der Waals surface area contributed by atoms with E-state index >= 15 is 0 Å². The number of halogens is 4. The Morgan fingerprint density at radius 2 is 2.08 bits per heavy atom.